The second-order valence-electron chi connectivity index (χ2n) is 6.74. The van der Waals surface area contributed by atoms with Gasteiger partial charge < -0.3 is 14.6 Å². The Morgan fingerprint density at radius 1 is 1.17 bits per heavy atom. The molecule has 1 amide bonds. The SMILES string of the molecule is Cc1cc(C(=O)O[C@H](C)C(=O)Nc2cccnc2Cl)c(C)n1Cc1ccccc1. The molecule has 2 aromatic heterocycles. The van der Waals surface area contributed by atoms with E-state index < -0.39 is 18.0 Å². The fourth-order valence-electron chi connectivity index (χ4n) is 3.01. The van der Waals surface area contributed by atoms with E-state index in [1.807, 2.05) is 48.7 Å². The lowest BCUT2D eigenvalue weighted by Crippen LogP contribution is -2.30. The number of aromatic nitrogens is 2. The molecule has 2 heterocycles. The first-order valence-corrected chi connectivity index (χ1v) is 9.57. The standard InChI is InChI=1S/C22H22ClN3O3/c1-14-12-18(15(2)26(14)13-17-8-5-4-6-9-17)22(28)29-16(3)21(27)25-19-10-7-11-24-20(19)23/h4-12,16H,13H2,1-3H3,(H,25,27)/t16-/m1/s1. The van der Waals surface area contributed by atoms with E-state index >= 15 is 0 Å². The Morgan fingerprint density at radius 2 is 1.90 bits per heavy atom. The molecule has 0 aliphatic carbocycles. The van der Waals surface area contributed by atoms with Crippen molar-refractivity contribution in [2.45, 2.75) is 33.4 Å². The number of esters is 1. The van der Waals surface area contributed by atoms with Crippen molar-refractivity contribution in [2.24, 2.45) is 0 Å². The number of hydrogen-bond donors (Lipinski definition) is 1. The van der Waals surface area contributed by atoms with Crippen molar-refractivity contribution >= 4 is 29.2 Å². The molecule has 0 saturated heterocycles. The van der Waals surface area contributed by atoms with E-state index in [1.165, 1.54) is 13.1 Å². The molecule has 1 aromatic carbocycles. The summed E-state index contributed by atoms with van der Waals surface area (Å²) >= 11 is 5.95. The van der Waals surface area contributed by atoms with E-state index in [1.54, 1.807) is 18.2 Å². The molecule has 0 fully saturated rings. The molecule has 0 saturated carbocycles. The summed E-state index contributed by atoms with van der Waals surface area (Å²) in [4.78, 5) is 28.9. The van der Waals surface area contributed by atoms with Crippen molar-refractivity contribution in [3.63, 3.8) is 0 Å². The Kier molecular flexibility index (Phi) is 6.34. The summed E-state index contributed by atoms with van der Waals surface area (Å²) in [6.45, 7) is 5.97. The molecule has 0 radical (unpaired) electrons. The zero-order valence-electron chi connectivity index (χ0n) is 16.5. The van der Waals surface area contributed by atoms with E-state index in [4.69, 9.17) is 16.3 Å². The molecule has 0 aliphatic heterocycles. The number of halogens is 1. The van der Waals surface area contributed by atoms with Crippen molar-refractivity contribution < 1.29 is 14.3 Å². The first kappa shape index (κ1) is 20.6. The smallest absolute Gasteiger partial charge is 0.340 e. The Labute approximate surface area is 174 Å². The van der Waals surface area contributed by atoms with Crippen LogP contribution in [0, 0.1) is 13.8 Å². The summed E-state index contributed by atoms with van der Waals surface area (Å²) in [5.74, 6) is -1.02. The summed E-state index contributed by atoms with van der Waals surface area (Å²) < 4.78 is 7.43. The number of pyridine rings is 1. The summed E-state index contributed by atoms with van der Waals surface area (Å²) in [5, 5.41) is 2.79. The molecule has 1 atom stereocenters. The van der Waals surface area contributed by atoms with Gasteiger partial charge in [-0.1, -0.05) is 41.9 Å². The fourth-order valence-corrected chi connectivity index (χ4v) is 3.17. The number of ether oxygens (including phenoxy) is 1. The van der Waals surface area contributed by atoms with Crippen LogP contribution in [0.4, 0.5) is 5.69 Å². The highest BCUT2D eigenvalue weighted by Crippen LogP contribution is 2.20. The minimum Gasteiger partial charge on any atom is -0.449 e. The topological polar surface area (TPSA) is 73.2 Å². The van der Waals surface area contributed by atoms with Gasteiger partial charge in [-0.15, -0.1) is 0 Å². The molecule has 7 heteroatoms. The largest absolute Gasteiger partial charge is 0.449 e. The van der Waals surface area contributed by atoms with E-state index in [0.717, 1.165) is 17.0 Å². The normalized spacial score (nSPS) is 11.7. The van der Waals surface area contributed by atoms with Crippen molar-refractivity contribution in [2.75, 3.05) is 5.32 Å². The first-order valence-electron chi connectivity index (χ1n) is 9.20. The zero-order valence-corrected chi connectivity index (χ0v) is 17.2. The van der Waals surface area contributed by atoms with E-state index in [9.17, 15) is 9.59 Å². The highest BCUT2D eigenvalue weighted by molar-refractivity contribution is 6.32. The zero-order chi connectivity index (χ0) is 21.0. The molecule has 0 spiro atoms. The van der Waals surface area contributed by atoms with Gasteiger partial charge in [-0.3, -0.25) is 4.79 Å². The lowest BCUT2D eigenvalue weighted by Gasteiger charge is -2.14. The second-order valence-corrected chi connectivity index (χ2v) is 7.09. The van der Waals surface area contributed by atoms with Gasteiger partial charge >= 0.3 is 5.97 Å². The maximum atomic E-state index is 12.7. The molecular weight excluding hydrogens is 390 g/mol. The number of anilines is 1. The average molecular weight is 412 g/mol. The first-order chi connectivity index (χ1) is 13.9. The Balaban J connectivity index is 1.69. The number of carbonyl (C=O) groups excluding carboxylic acids is 2. The monoisotopic (exact) mass is 411 g/mol. The highest BCUT2D eigenvalue weighted by atomic mass is 35.5. The number of nitrogens with zero attached hydrogens (tertiary/aromatic N) is 2. The van der Waals surface area contributed by atoms with Crippen LogP contribution in [0.15, 0.2) is 54.7 Å². The van der Waals surface area contributed by atoms with E-state index in [-0.39, 0.29) is 5.15 Å². The minimum absolute atomic E-state index is 0.170. The molecule has 29 heavy (non-hydrogen) atoms. The Morgan fingerprint density at radius 3 is 2.59 bits per heavy atom. The van der Waals surface area contributed by atoms with Gasteiger partial charge in [0.15, 0.2) is 11.3 Å². The molecular formula is C22H22ClN3O3. The molecule has 6 nitrogen and oxygen atoms in total. The van der Waals surface area contributed by atoms with Crippen LogP contribution in [0.1, 0.15) is 34.2 Å². The Hall–Kier alpha value is -3.12. The maximum absolute atomic E-state index is 12.7. The predicted octanol–water partition coefficient (Wildman–Crippen LogP) is 4.39. The molecule has 3 aromatic rings. The van der Waals surface area contributed by atoms with Crippen LogP contribution in [-0.2, 0) is 16.1 Å². The van der Waals surface area contributed by atoms with Crippen LogP contribution in [0.3, 0.4) is 0 Å². The van der Waals surface area contributed by atoms with Crippen LogP contribution in [0.2, 0.25) is 5.15 Å². The summed E-state index contributed by atoms with van der Waals surface area (Å²) in [6.07, 6.45) is 0.531. The van der Waals surface area contributed by atoms with Gasteiger partial charge in [0, 0.05) is 24.1 Å². The fraction of sp³-hybridized carbons (Fsp3) is 0.227. The van der Waals surface area contributed by atoms with Crippen LogP contribution in [0.5, 0.6) is 0 Å². The number of nitrogens with one attached hydrogen (secondary N) is 1. The van der Waals surface area contributed by atoms with Gasteiger partial charge in [-0.25, -0.2) is 9.78 Å². The van der Waals surface area contributed by atoms with Gasteiger partial charge in [0.2, 0.25) is 0 Å². The van der Waals surface area contributed by atoms with Crippen molar-refractivity contribution in [3.05, 3.63) is 82.4 Å². The molecule has 150 valence electrons. The summed E-state index contributed by atoms with van der Waals surface area (Å²) in [6, 6.07) is 15.1. The predicted molar refractivity (Wildman–Crippen MR) is 112 cm³/mol. The van der Waals surface area contributed by atoms with Crippen molar-refractivity contribution in [3.8, 4) is 0 Å². The Bertz CT molecular complexity index is 1030. The van der Waals surface area contributed by atoms with Gasteiger partial charge in [0.1, 0.15) is 0 Å². The second kappa shape index (κ2) is 8.92. The van der Waals surface area contributed by atoms with Crippen LogP contribution in [-0.4, -0.2) is 27.5 Å². The molecule has 0 unspecified atom stereocenters. The third kappa shape index (κ3) is 4.84. The average Bonchev–Trinajstić information content (AvgIpc) is 2.98. The minimum atomic E-state index is -0.990. The highest BCUT2D eigenvalue weighted by Gasteiger charge is 2.23. The lowest BCUT2D eigenvalue weighted by molar-refractivity contribution is -0.123. The number of carbonyl (C=O) groups is 2. The van der Waals surface area contributed by atoms with E-state index in [0.29, 0.717) is 17.8 Å². The number of aryl methyl sites for hydroxylation is 1. The maximum Gasteiger partial charge on any atom is 0.340 e. The van der Waals surface area contributed by atoms with Gasteiger partial charge in [0.25, 0.3) is 5.91 Å². The van der Waals surface area contributed by atoms with Gasteiger partial charge in [-0.05, 0) is 44.5 Å². The van der Waals surface area contributed by atoms with Crippen LogP contribution in [0.25, 0.3) is 0 Å². The quantitative estimate of drug-likeness (QED) is 0.482. The molecule has 3 rings (SSSR count). The number of hydrogen-bond acceptors (Lipinski definition) is 4. The van der Waals surface area contributed by atoms with Gasteiger partial charge in [-0.2, -0.15) is 0 Å². The lowest BCUT2D eigenvalue weighted by atomic mass is 10.2. The number of amides is 1. The van der Waals surface area contributed by atoms with Crippen LogP contribution < -0.4 is 5.32 Å². The van der Waals surface area contributed by atoms with E-state index in [2.05, 4.69) is 10.3 Å². The molecule has 0 aliphatic rings. The van der Waals surface area contributed by atoms with Crippen molar-refractivity contribution in [1.29, 1.82) is 0 Å². The summed E-state index contributed by atoms with van der Waals surface area (Å²) in [5.41, 5.74) is 3.67. The number of rotatable bonds is 6. The third-order valence-corrected chi connectivity index (χ3v) is 4.95. The van der Waals surface area contributed by atoms with Crippen LogP contribution >= 0.6 is 11.6 Å². The third-order valence-electron chi connectivity index (χ3n) is 4.65. The summed E-state index contributed by atoms with van der Waals surface area (Å²) in [7, 11) is 0. The van der Waals surface area contributed by atoms with Crippen molar-refractivity contribution in [1.82, 2.24) is 9.55 Å². The molecule has 0 bridgehead atoms. The van der Waals surface area contributed by atoms with Gasteiger partial charge in [0.05, 0.1) is 11.3 Å². The number of benzene rings is 1. The molecule has 1 N–H and O–H groups in total.